The summed E-state index contributed by atoms with van der Waals surface area (Å²) in [5.41, 5.74) is 5.85. The topological polar surface area (TPSA) is 32.3 Å². The average Bonchev–Trinajstić information content (AvgIpc) is 2.98. The highest BCUT2D eigenvalue weighted by Gasteiger charge is 2.30. The zero-order chi connectivity index (χ0) is 21.8. The maximum atomic E-state index is 14.1. The fourth-order valence-electron chi connectivity index (χ4n) is 3.82. The number of hydrogen-bond acceptors (Lipinski definition) is 3. The van der Waals surface area contributed by atoms with Gasteiger partial charge in [-0.25, -0.2) is 4.39 Å². The monoisotopic (exact) mass is 424 g/mol. The van der Waals surface area contributed by atoms with Gasteiger partial charge in [0.2, 0.25) is 5.91 Å². The third-order valence-electron chi connectivity index (χ3n) is 5.48. The first-order valence-electron chi connectivity index (χ1n) is 10.1. The van der Waals surface area contributed by atoms with Crippen molar-refractivity contribution in [2.45, 2.75) is 18.7 Å². The van der Waals surface area contributed by atoms with Gasteiger partial charge in [-0.05, 0) is 97.9 Å². The molecule has 1 aliphatic carbocycles. The number of amides is 1. The van der Waals surface area contributed by atoms with Gasteiger partial charge in [0.05, 0.1) is 5.92 Å². The predicted molar refractivity (Wildman–Crippen MR) is 126 cm³/mol. The van der Waals surface area contributed by atoms with E-state index >= 15 is 0 Å². The minimum atomic E-state index is -0.363. The van der Waals surface area contributed by atoms with Crippen LogP contribution in [0.4, 0.5) is 4.39 Å². The molecule has 0 heterocycles. The lowest BCUT2D eigenvalue weighted by Crippen LogP contribution is -2.35. The number of carbonyl (C=O) groups excluding carboxylic acids is 1. The first kappa shape index (κ1) is 22.3. The molecule has 0 aliphatic heterocycles. The van der Waals surface area contributed by atoms with Gasteiger partial charge >= 0.3 is 0 Å². The van der Waals surface area contributed by atoms with Crippen molar-refractivity contribution in [1.82, 2.24) is 10.2 Å². The van der Waals surface area contributed by atoms with E-state index in [0.29, 0.717) is 6.54 Å². The van der Waals surface area contributed by atoms with Crippen LogP contribution in [-0.4, -0.2) is 44.2 Å². The molecule has 0 fully saturated rings. The number of fused-ring (bicyclic) bond motifs is 1. The normalized spacial score (nSPS) is 15.6. The molecule has 0 radical (unpaired) electrons. The highest BCUT2D eigenvalue weighted by molar-refractivity contribution is 7.98. The number of likely N-dealkylation sites (N-methyl/N-ethyl adjacent to an activating group) is 1. The molecule has 3 nitrogen and oxygen atoms in total. The molecule has 1 aliphatic rings. The largest absolute Gasteiger partial charge is 0.354 e. The first-order chi connectivity index (χ1) is 14.3. The molecule has 1 atom stereocenters. The number of rotatable bonds is 7. The molecule has 1 unspecified atom stereocenters. The van der Waals surface area contributed by atoms with E-state index in [1.54, 1.807) is 17.8 Å². The number of hydrogen-bond donors (Lipinski definition) is 1. The summed E-state index contributed by atoms with van der Waals surface area (Å²) in [6.07, 6.45) is 4.18. The zero-order valence-electron chi connectivity index (χ0n) is 18.3. The number of halogens is 1. The fraction of sp³-hybridized carbons (Fsp3) is 0.320. The maximum absolute atomic E-state index is 14.1. The van der Waals surface area contributed by atoms with Crippen molar-refractivity contribution in [1.29, 1.82) is 0 Å². The van der Waals surface area contributed by atoms with E-state index in [4.69, 9.17) is 0 Å². The number of nitrogens with zero attached hydrogens (tertiary/aromatic N) is 1. The van der Waals surface area contributed by atoms with Crippen LogP contribution in [-0.2, 0) is 4.79 Å². The van der Waals surface area contributed by atoms with Crippen molar-refractivity contribution in [3.8, 4) is 0 Å². The van der Waals surface area contributed by atoms with E-state index < -0.39 is 0 Å². The summed E-state index contributed by atoms with van der Waals surface area (Å²) in [6, 6.07) is 13.2. The molecule has 0 spiro atoms. The quantitative estimate of drug-likeness (QED) is 0.621. The molecule has 1 N–H and O–H groups in total. The van der Waals surface area contributed by atoms with E-state index in [2.05, 4.69) is 41.9 Å². The summed E-state index contributed by atoms with van der Waals surface area (Å²) >= 11 is 1.71. The molecule has 0 saturated carbocycles. The standard InChI is InChI=1S/C25H29FN2OS/c1-16-22(14-18-6-9-20(30-5)10-7-18)21-11-8-19(26)15-23(21)24(16)17(2)25(29)27-12-13-28(3)4/h6-11,14-15,17H,12-13H2,1-5H3,(H,27,29)/b22-14-. The van der Waals surface area contributed by atoms with Crippen LogP contribution in [0.3, 0.4) is 0 Å². The summed E-state index contributed by atoms with van der Waals surface area (Å²) in [7, 11) is 3.95. The van der Waals surface area contributed by atoms with E-state index in [1.807, 2.05) is 38.9 Å². The average molecular weight is 425 g/mol. The van der Waals surface area contributed by atoms with E-state index in [0.717, 1.165) is 40.0 Å². The molecule has 2 aromatic rings. The SMILES string of the molecule is CSc1ccc(/C=C2/C(C)=C(C(C)C(=O)NCCN(C)C)c3cc(F)ccc32)cc1. The number of allylic oxidation sites excluding steroid dienone is 2. The Morgan fingerprint density at radius 3 is 2.50 bits per heavy atom. The van der Waals surface area contributed by atoms with Crippen LogP contribution in [0.2, 0.25) is 0 Å². The molecular weight excluding hydrogens is 395 g/mol. The van der Waals surface area contributed by atoms with Gasteiger partial charge in [0.1, 0.15) is 5.82 Å². The van der Waals surface area contributed by atoms with Crippen LogP contribution in [0.5, 0.6) is 0 Å². The summed E-state index contributed by atoms with van der Waals surface area (Å²) in [5, 5.41) is 3.00. The van der Waals surface area contributed by atoms with E-state index in [-0.39, 0.29) is 17.6 Å². The summed E-state index contributed by atoms with van der Waals surface area (Å²) in [6.45, 7) is 5.29. The molecule has 1 amide bonds. The molecule has 3 rings (SSSR count). The molecule has 0 bridgehead atoms. The molecule has 0 aromatic heterocycles. The second-order valence-corrected chi connectivity index (χ2v) is 8.76. The van der Waals surface area contributed by atoms with Gasteiger partial charge in [-0.1, -0.05) is 18.2 Å². The van der Waals surface area contributed by atoms with Gasteiger partial charge in [0, 0.05) is 18.0 Å². The number of carbonyl (C=O) groups is 1. The third kappa shape index (κ3) is 4.85. The maximum Gasteiger partial charge on any atom is 0.227 e. The number of thioether (sulfide) groups is 1. The number of nitrogens with one attached hydrogen (secondary N) is 1. The van der Waals surface area contributed by atoms with Crippen molar-refractivity contribution >= 4 is 34.9 Å². The van der Waals surface area contributed by atoms with Crippen molar-refractivity contribution < 1.29 is 9.18 Å². The molecular formula is C25H29FN2OS. The molecule has 158 valence electrons. The second-order valence-electron chi connectivity index (χ2n) is 7.88. The van der Waals surface area contributed by atoms with Gasteiger partial charge < -0.3 is 10.2 Å². The smallest absolute Gasteiger partial charge is 0.227 e. The summed E-state index contributed by atoms with van der Waals surface area (Å²) in [5.74, 6) is -0.686. The van der Waals surface area contributed by atoms with Gasteiger partial charge in [0.25, 0.3) is 0 Å². The molecule has 2 aromatic carbocycles. The Balaban J connectivity index is 1.98. The van der Waals surface area contributed by atoms with Gasteiger partial charge in [-0.3, -0.25) is 4.79 Å². The zero-order valence-corrected chi connectivity index (χ0v) is 19.1. The third-order valence-corrected chi connectivity index (χ3v) is 6.22. The van der Waals surface area contributed by atoms with Crippen LogP contribution in [0.25, 0.3) is 17.2 Å². The van der Waals surface area contributed by atoms with E-state index in [1.165, 1.54) is 11.0 Å². The van der Waals surface area contributed by atoms with Gasteiger partial charge in [-0.2, -0.15) is 0 Å². The Morgan fingerprint density at radius 1 is 1.17 bits per heavy atom. The van der Waals surface area contributed by atoms with Crippen LogP contribution >= 0.6 is 11.8 Å². The van der Waals surface area contributed by atoms with Gasteiger partial charge in [0.15, 0.2) is 0 Å². The minimum absolute atomic E-state index is 0.0352. The summed E-state index contributed by atoms with van der Waals surface area (Å²) < 4.78 is 14.1. The Labute approximate surface area is 183 Å². The second kappa shape index (κ2) is 9.63. The lowest BCUT2D eigenvalue weighted by atomic mass is 9.93. The lowest BCUT2D eigenvalue weighted by molar-refractivity contribution is -0.122. The number of benzene rings is 2. The predicted octanol–water partition coefficient (Wildman–Crippen LogP) is 5.19. The van der Waals surface area contributed by atoms with Crippen LogP contribution in [0.1, 0.15) is 30.5 Å². The van der Waals surface area contributed by atoms with Gasteiger partial charge in [-0.15, -0.1) is 11.8 Å². The van der Waals surface area contributed by atoms with Crippen LogP contribution in [0, 0.1) is 11.7 Å². The highest BCUT2D eigenvalue weighted by atomic mass is 32.2. The lowest BCUT2D eigenvalue weighted by Gasteiger charge is -2.17. The Hall–Kier alpha value is -2.37. The van der Waals surface area contributed by atoms with E-state index in [9.17, 15) is 9.18 Å². The Kier molecular flexibility index (Phi) is 7.16. The Bertz CT molecular complexity index is 993. The Morgan fingerprint density at radius 2 is 1.87 bits per heavy atom. The van der Waals surface area contributed by atoms with Crippen molar-refractivity contribution in [3.05, 3.63) is 70.5 Å². The van der Waals surface area contributed by atoms with Crippen LogP contribution < -0.4 is 5.32 Å². The first-order valence-corrected chi connectivity index (χ1v) is 11.3. The summed E-state index contributed by atoms with van der Waals surface area (Å²) in [4.78, 5) is 16.0. The van der Waals surface area contributed by atoms with Crippen molar-refractivity contribution in [3.63, 3.8) is 0 Å². The molecule has 5 heteroatoms. The van der Waals surface area contributed by atoms with Crippen molar-refractivity contribution in [2.24, 2.45) is 5.92 Å². The van der Waals surface area contributed by atoms with Crippen LogP contribution in [0.15, 0.2) is 52.9 Å². The van der Waals surface area contributed by atoms with Crippen molar-refractivity contribution in [2.75, 3.05) is 33.4 Å². The fourth-order valence-corrected chi connectivity index (χ4v) is 4.23. The molecule has 30 heavy (non-hydrogen) atoms. The highest BCUT2D eigenvalue weighted by Crippen LogP contribution is 2.45. The molecule has 0 saturated heterocycles. The minimum Gasteiger partial charge on any atom is -0.354 e.